The number of nitrogens with one attached hydrogen (secondary N) is 1. The lowest BCUT2D eigenvalue weighted by molar-refractivity contribution is -0.138. The van der Waals surface area contributed by atoms with Crippen molar-refractivity contribution in [2.45, 2.75) is 37.8 Å². The van der Waals surface area contributed by atoms with Crippen molar-refractivity contribution in [1.29, 1.82) is 0 Å². The summed E-state index contributed by atoms with van der Waals surface area (Å²) in [6, 6.07) is 14.6. The van der Waals surface area contributed by atoms with Gasteiger partial charge in [-0.3, -0.25) is 9.59 Å². The predicted octanol–water partition coefficient (Wildman–Crippen LogP) is 5.14. The number of nitrogens with zero attached hydrogens (tertiary/aromatic N) is 1. The fourth-order valence-electron chi connectivity index (χ4n) is 2.57. The molecule has 0 fully saturated rings. The molecule has 2 amide bonds. The minimum Gasteiger partial charge on any atom is -0.354 e. The van der Waals surface area contributed by atoms with Crippen LogP contribution in [0.1, 0.15) is 25.8 Å². The molecule has 0 aliphatic heterocycles. The van der Waals surface area contributed by atoms with E-state index in [9.17, 15) is 9.59 Å². The van der Waals surface area contributed by atoms with E-state index in [1.54, 1.807) is 24.0 Å². The van der Waals surface area contributed by atoms with E-state index in [1.165, 1.54) is 11.8 Å². The van der Waals surface area contributed by atoms with Crippen molar-refractivity contribution in [2.24, 2.45) is 0 Å². The fourth-order valence-corrected chi connectivity index (χ4v) is 3.93. The van der Waals surface area contributed by atoms with Crippen LogP contribution in [0, 0.1) is 0 Å². The molecule has 2 aromatic rings. The number of benzene rings is 2. The summed E-state index contributed by atoms with van der Waals surface area (Å²) in [4.78, 5) is 28.1. The van der Waals surface area contributed by atoms with Crippen molar-refractivity contribution in [3.05, 3.63) is 63.6 Å². The number of halogens is 2. The summed E-state index contributed by atoms with van der Waals surface area (Å²) in [5, 5.41) is 3.54. The van der Waals surface area contributed by atoms with Crippen molar-refractivity contribution >= 4 is 51.1 Å². The van der Waals surface area contributed by atoms with Gasteiger partial charge in [0, 0.05) is 27.5 Å². The number of thioether (sulfide) groups is 1. The molecule has 7 heteroatoms. The lowest BCUT2D eigenvalue weighted by Gasteiger charge is -2.28. The van der Waals surface area contributed by atoms with Crippen LogP contribution in [0.5, 0.6) is 0 Å². The maximum atomic E-state index is 13.0. The van der Waals surface area contributed by atoms with Gasteiger partial charge >= 0.3 is 0 Å². The molecule has 2 rings (SSSR count). The van der Waals surface area contributed by atoms with Crippen LogP contribution < -0.4 is 5.32 Å². The van der Waals surface area contributed by atoms with Gasteiger partial charge < -0.3 is 10.2 Å². The Labute approximate surface area is 184 Å². The second-order valence-electron chi connectivity index (χ2n) is 6.36. The Morgan fingerprint density at radius 3 is 2.57 bits per heavy atom. The molecule has 1 N–H and O–H groups in total. The molecule has 28 heavy (non-hydrogen) atoms. The molecule has 0 aromatic heterocycles. The van der Waals surface area contributed by atoms with Gasteiger partial charge in [-0.15, -0.1) is 11.8 Å². The molecule has 0 saturated carbocycles. The Kier molecular flexibility index (Phi) is 9.35. The van der Waals surface area contributed by atoms with Gasteiger partial charge in [-0.25, -0.2) is 0 Å². The molecule has 0 aliphatic carbocycles. The Balaban J connectivity index is 2.12. The minimum atomic E-state index is -0.552. The molecular formula is C21H24BrClN2O2S. The zero-order valence-electron chi connectivity index (χ0n) is 16.0. The van der Waals surface area contributed by atoms with Crippen molar-refractivity contribution in [3.63, 3.8) is 0 Å². The Hall–Kier alpha value is -1.50. The van der Waals surface area contributed by atoms with Gasteiger partial charge in [0.25, 0.3) is 0 Å². The van der Waals surface area contributed by atoms with Crippen LogP contribution in [0.15, 0.2) is 57.9 Å². The molecule has 0 unspecified atom stereocenters. The first-order valence-corrected chi connectivity index (χ1v) is 11.3. The van der Waals surface area contributed by atoms with Gasteiger partial charge in [-0.2, -0.15) is 0 Å². The third-order valence-corrected chi connectivity index (χ3v) is 5.88. The lowest BCUT2D eigenvalue weighted by Crippen LogP contribution is -2.48. The van der Waals surface area contributed by atoms with E-state index >= 15 is 0 Å². The maximum Gasteiger partial charge on any atom is 0.242 e. The largest absolute Gasteiger partial charge is 0.354 e. The SMILES string of the molecule is CCCNC(=O)[C@H](C)N(Cc1cccc(Br)c1)C(=O)CSc1ccc(Cl)cc1. The maximum absolute atomic E-state index is 13.0. The molecule has 0 radical (unpaired) electrons. The molecule has 0 aliphatic rings. The van der Waals surface area contributed by atoms with Gasteiger partial charge in [-0.05, 0) is 55.3 Å². The summed E-state index contributed by atoms with van der Waals surface area (Å²) in [5.74, 6) is 0.0295. The van der Waals surface area contributed by atoms with Crippen LogP contribution >= 0.6 is 39.3 Å². The first kappa shape index (κ1) is 22.8. The highest BCUT2D eigenvalue weighted by Gasteiger charge is 2.26. The highest BCUT2D eigenvalue weighted by Crippen LogP contribution is 2.22. The number of carbonyl (C=O) groups is 2. The normalized spacial score (nSPS) is 11.7. The first-order chi connectivity index (χ1) is 13.4. The smallest absolute Gasteiger partial charge is 0.242 e. The fraction of sp³-hybridized carbons (Fsp3) is 0.333. The standard InChI is InChI=1S/C21H24BrClN2O2S/c1-3-11-24-21(27)15(2)25(13-16-5-4-6-17(22)12-16)20(26)14-28-19-9-7-18(23)8-10-19/h4-10,12,15H,3,11,13-14H2,1-2H3,(H,24,27)/t15-/m0/s1. The van der Waals surface area contributed by atoms with E-state index in [1.807, 2.05) is 43.3 Å². The summed E-state index contributed by atoms with van der Waals surface area (Å²) in [6.45, 7) is 4.74. The van der Waals surface area contributed by atoms with Gasteiger partial charge in [-0.1, -0.05) is 46.6 Å². The second kappa shape index (κ2) is 11.5. The Morgan fingerprint density at radius 2 is 1.93 bits per heavy atom. The van der Waals surface area contributed by atoms with Crippen molar-refractivity contribution in [1.82, 2.24) is 10.2 Å². The van der Waals surface area contributed by atoms with Crippen LogP contribution in [0.2, 0.25) is 5.02 Å². The summed E-state index contributed by atoms with van der Waals surface area (Å²) < 4.78 is 0.941. The monoisotopic (exact) mass is 482 g/mol. The summed E-state index contributed by atoms with van der Waals surface area (Å²) in [7, 11) is 0. The van der Waals surface area contributed by atoms with Crippen LogP contribution in [-0.2, 0) is 16.1 Å². The summed E-state index contributed by atoms with van der Waals surface area (Å²) in [5.41, 5.74) is 0.967. The Morgan fingerprint density at radius 1 is 1.21 bits per heavy atom. The second-order valence-corrected chi connectivity index (χ2v) is 8.76. The van der Waals surface area contributed by atoms with Crippen molar-refractivity contribution in [2.75, 3.05) is 12.3 Å². The summed E-state index contributed by atoms with van der Waals surface area (Å²) in [6.07, 6.45) is 0.852. The van der Waals surface area contributed by atoms with Crippen LogP contribution in [0.25, 0.3) is 0 Å². The first-order valence-electron chi connectivity index (χ1n) is 9.10. The van der Waals surface area contributed by atoms with E-state index in [2.05, 4.69) is 21.2 Å². The molecule has 2 aromatic carbocycles. The van der Waals surface area contributed by atoms with E-state index < -0.39 is 6.04 Å². The van der Waals surface area contributed by atoms with Gasteiger partial charge in [0.05, 0.1) is 5.75 Å². The molecule has 4 nitrogen and oxygen atoms in total. The van der Waals surface area contributed by atoms with Crippen LogP contribution in [-0.4, -0.2) is 35.1 Å². The number of hydrogen-bond donors (Lipinski definition) is 1. The zero-order chi connectivity index (χ0) is 20.5. The molecule has 1 atom stereocenters. The van der Waals surface area contributed by atoms with Crippen molar-refractivity contribution in [3.8, 4) is 0 Å². The number of hydrogen-bond acceptors (Lipinski definition) is 3. The third kappa shape index (κ3) is 7.15. The molecule has 0 spiro atoms. The Bertz CT molecular complexity index is 801. The van der Waals surface area contributed by atoms with Crippen LogP contribution in [0.3, 0.4) is 0 Å². The molecule has 0 saturated heterocycles. The molecular weight excluding hydrogens is 460 g/mol. The summed E-state index contributed by atoms with van der Waals surface area (Å²) >= 11 is 10.8. The molecule has 0 bridgehead atoms. The van der Waals surface area contributed by atoms with Crippen molar-refractivity contribution < 1.29 is 9.59 Å². The average molecular weight is 484 g/mol. The average Bonchev–Trinajstić information content (AvgIpc) is 2.69. The number of rotatable bonds is 9. The van der Waals surface area contributed by atoms with Gasteiger partial charge in [0.2, 0.25) is 11.8 Å². The third-order valence-electron chi connectivity index (χ3n) is 4.13. The quantitative estimate of drug-likeness (QED) is 0.503. The molecule has 0 heterocycles. The van der Waals surface area contributed by atoms with Gasteiger partial charge in [0.15, 0.2) is 0 Å². The lowest BCUT2D eigenvalue weighted by atomic mass is 10.1. The predicted molar refractivity (Wildman–Crippen MR) is 120 cm³/mol. The van der Waals surface area contributed by atoms with Crippen LogP contribution in [0.4, 0.5) is 0 Å². The van der Waals surface area contributed by atoms with E-state index in [-0.39, 0.29) is 17.6 Å². The van der Waals surface area contributed by atoms with Gasteiger partial charge in [0.1, 0.15) is 6.04 Å². The molecule has 150 valence electrons. The van der Waals surface area contributed by atoms with E-state index in [0.29, 0.717) is 18.1 Å². The number of carbonyl (C=O) groups excluding carboxylic acids is 2. The minimum absolute atomic E-state index is 0.0842. The topological polar surface area (TPSA) is 49.4 Å². The highest BCUT2D eigenvalue weighted by molar-refractivity contribution is 9.10. The van der Waals surface area contributed by atoms with E-state index in [4.69, 9.17) is 11.6 Å². The zero-order valence-corrected chi connectivity index (χ0v) is 19.1. The van der Waals surface area contributed by atoms with E-state index in [0.717, 1.165) is 21.4 Å². The number of amides is 2. The highest BCUT2D eigenvalue weighted by atomic mass is 79.9.